The van der Waals surface area contributed by atoms with Gasteiger partial charge in [-0.05, 0) is 37.5 Å². The van der Waals surface area contributed by atoms with E-state index in [0.717, 1.165) is 38.1 Å². The first-order chi connectivity index (χ1) is 8.83. The molecule has 0 atom stereocenters. The van der Waals surface area contributed by atoms with Crippen LogP contribution in [0.2, 0.25) is 0 Å². The number of aromatic nitrogens is 1. The standard InChI is InChI=1S/C14H23N3O/c1-3-15-14-10-12(6-7-16-14)11-17(8-9-18-2)13-4-5-13/h6-7,10,13H,3-5,8-9,11H2,1-2H3,(H,15,16). The van der Waals surface area contributed by atoms with Crippen molar-refractivity contribution in [3.8, 4) is 0 Å². The van der Waals surface area contributed by atoms with Gasteiger partial charge in [-0.1, -0.05) is 0 Å². The molecule has 4 heteroatoms. The first-order valence-corrected chi connectivity index (χ1v) is 6.75. The third kappa shape index (κ3) is 3.96. The van der Waals surface area contributed by atoms with E-state index >= 15 is 0 Å². The number of methoxy groups -OCH3 is 1. The lowest BCUT2D eigenvalue weighted by atomic mass is 10.2. The Morgan fingerprint density at radius 1 is 1.50 bits per heavy atom. The predicted octanol–water partition coefficient (Wildman–Crippen LogP) is 2.12. The van der Waals surface area contributed by atoms with Gasteiger partial charge in [-0.2, -0.15) is 0 Å². The first-order valence-electron chi connectivity index (χ1n) is 6.75. The average Bonchev–Trinajstić information content (AvgIpc) is 3.19. The molecule has 4 nitrogen and oxygen atoms in total. The van der Waals surface area contributed by atoms with E-state index < -0.39 is 0 Å². The monoisotopic (exact) mass is 249 g/mol. The second-order valence-corrected chi connectivity index (χ2v) is 4.77. The van der Waals surface area contributed by atoms with Crippen molar-refractivity contribution in [1.82, 2.24) is 9.88 Å². The molecule has 1 heterocycles. The summed E-state index contributed by atoms with van der Waals surface area (Å²) in [6.07, 6.45) is 4.54. The van der Waals surface area contributed by atoms with Crippen LogP contribution >= 0.6 is 0 Å². The largest absolute Gasteiger partial charge is 0.383 e. The lowest BCUT2D eigenvalue weighted by Gasteiger charge is -2.21. The van der Waals surface area contributed by atoms with E-state index in [1.807, 2.05) is 6.20 Å². The number of rotatable bonds is 8. The summed E-state index contributed by atoms with van der Waals surface area (Å²) >= 11 is 0. The number of ether oxygens (including phenoxy) is 1. The average molecular weight is 249 g/mol. The zero-order valence-corrected chi connectivity index (χ0v) is 11.4. The van der Waals surface area contributed by atoms with Crippen LogP contribution in [0.1, 0.15) is 25.3 Å². The summed E-state index contributed by atoms with van der Waals surface area (Å²) in [5.74, 6) is 0.970. The highest BCUT2D eigenvalue weighted by Crippen LogP contribution is 2.28. The fourth-order valence-corrected chi connectivity index (χ4v) is 2.12. The van der Waals surface area contributed by atoms with E-state index in [9.17, 15) is 0 Å². The van der Waals surface area contributed by atoms with Crippen molar-refractivity contribution in [3.05, 3.63) is 23.9 Å². The minimum Gasteiger partial charge on any atom is -0.383 e. The number of anilines is 1. The molecule has 1 N–H and O–H groups in total. The van der Waals surface area contributed by atoms with Crippen LogP contribution in [0.25, 0.3) is 0 Å². The van der Waals surface area contributed by atoms with Gasteiger partial charge in [0.2, 0.25) is 0 Å². The summed E-state index contributed by atoms with van der Waals surface area (Å²) in [6, 6.07) is 5.00. The lowest BCUT2D eigenvalue weighted by molar-refractivity contribution is 0.139. The van der Waals surface area contributed by atoms with E-state index in [4.69, 9.17) is 4.74 Å². The van der Waals surface area contributed by atoms with Crippen molar-refractivity contribution >= 4 is 5.82 Å². The SMILES string of the molecule is CCNc1cc(CN(CCOC)C2CC2)ccn1. The fourth-order valence-electron chi connectivity index (χ4n) is 2.12. The fraction of sp³-hybridized carbons (Fsp3) is 0.643. The van der Waals surface area contributed by atoms with E-state index in [1.54, 1.807) is 7.11 Å². The molecule has 1 saturated carbocycles. The third-order valence-corrected chi connectivity index (χ3v) is 3.21. The second-order valence-electron chi connectivity index (χ2n) is 4.77. The Morgan fingerprint density at radius 2 is 2.33 bits per heavy atom. The molecule has 0 spiro atoms. The minimum absolute atomic E-state index is 0.760. The Bertz CT molecular complexity index is 366. The summed E-state index contributed by atoms with van der Waals surface area (Å²) in [5.41, 5.74) is 1.32. The molecular weight excluding hydrogens is 226 g/mol. The van der Waals surface area contributed by atoms with Crippen molar-refractivity contribution in [3.63, 3.8) is 0 Å². The molecule has 1 aromatic rings. The highest BCUT2D eigenvalue weighted by Gasteiger charge is 2.28. The molecular formula is C14H23N3O. The minimum atomic E-state index is 0.760. The van der Waals surface area contributed by atoms with Crippen LogP contribution in [-0.4, -0.2) is 42.7 Å². The van der Waals surface area contributed by atoms with Crippen molar-refractivity contribution in [1.29, 1.82) is 0 Å². The summed E-state index contributed by atoms with van der Waals surface area (Å²) < 4.78 is 5.18. The van der Waals surface area contributed by atoms with Crippen LogP contribution in [0.5, 0.6) is 0 Å². The van der Waals surface area contributed by atoms with Gasteiger partial charge in [0.15, 0.2) is 0 Å². The van der Waals surface area contributed by atoms with Gasteiger partial charge in [0.25, 0.3) is 0 Å². The van der Waals surface area contributed by atoms with Gasteiger partial charge in [0.1, 0.15) is 5.82 Å². The molecule has 1 aliphatic carbocycles. The van der Waals surface area contributed by atoms with Crippen LogP contribution in [0, 0.1) is 0 Å². The zero-order valence-electron chi connectivity index (χ0n) is 11.4. The maximum absolute atomic E-state index is 5.18. The zero-order chi connectivity index (χ0) is 12.8. The van der Waals surface area contributed by atoms with Crippen molar-refractivity contribution in [2.45, 2.75) is 32.4 Å². The van der Waals surface area contributed by atoms with Crippen molar-refractivity contribution in [2.24, 2.45) is 0 Å². The van der Waals surface area contributed by atoms with E-state index in [-0.39, 0.29) is 0 Å². The predicted molar refractivity (Wildman–Crippen MR) is 73.7 cm³/mol. The van der Waals surface area contributed by atoms with Gasteiger partial charge in [0, 0.05) is 39.0 Å². The molecule has 0 aromatic carbocycles. The number of hydrogen-bond donors (Lipinski definition) is 1. The molecule has 0 unspecified atom stereocenters. The smallest absolute Gasteiger partial charge is 0.126 e. The first kappa shape index (κ1) is 13.3. The molecule has 0 bridgehead atoms. The molecule has 1 aromatic heterocycles. The number of hydrogen-bond acceptors (Lipinski definition) is 4. The summed E-state index contributed by atoms with van der Waals surface area (Å²) in [5, 5.41) is 3.25. The van der Waals surface area contributed by atoms with Crippen LogP contribution < -0.4 is 5.32 Å². The third-order valence-electron chi connectivity index (χ3n) is 3.21. The molecule has 0 saturated heterocycles. The normalized spacial score (nSPS) is 15.1. The van der Waals surface area contributed by atoms with Gasteiger partial charge in [-0.15, -0.1) is 0 Å². The number of pyridine rings is 1. The molecule has 0 radical (unpaired) electrons. The highest BCUT2D eigenvalue weighted by atomic mass is 16.5. The van der Waals surface area contributed by atoms with Crippen LogP contribution in [0.15, 0.2) is 18.3 Å². The van der Waals surface area contributed by atoms with E-state index in [1.165, 1.54) is 18.4 Å². The molecule has 0 amide bonds. The Hall–Kier alpha value is -1.13. The van der Waals surface area contributed by atoms with Gasteiger partial charge in [-0.3, -0.25) is 4.90 Å². The molecule has 2 rings (SSSR count). The molecule has 1 fully saturated rings. The highest BCUT2D eigenvalue weighted by molar-refractivity contribution is 5.37. The van der Waals surface area contributed by atoms with Gasteiger partial charge >= 0.3 is 0 Å². The Morgan fingerprint density at radius 3 is 3.00 bits per heavy atom. The Kier molecular flexibility index (Phi) is 4.96. The van der Waals surface area contributed by atoms with Crippen molar-refractivity contribution < 1.29 is 4.74 Å². The summed E-state index contributed by atoms with van der Waals surface area (Å²) in [6.45, 7) is 5.81. The van der Waals surface area contributed by atoms with Gasteiger partial charge < -0.3 is 10.1 Å². The Balaban J connectivity index is 1.94. The molecule has 1 aliphatic rings. The number of nitrogens with one attached hydrogen (secondary N) is 1. The second kappa shape index (κ2) is 6.71. The summed E-state index contributed by atoms with van der Waals surface area (Å²) in [4.78, 5) is 6.81. The maximum atomic E-state index is 5.18. The maximum Gasteiger partial charge on any atom is 0.126 e. The van der Waals surface area contributed by atoms with E-state index in [2.05, 4.69) is 34.3 Å². The quantitative estimate of drug-likeness (QED) is 0.766. The number of nitrogens with zero attached hydrogens (tertiary/aromatic N) is 2. The molecule has 100 valence electrons. The van der Waals surface area contributed by atoms with E-state index in [0.29, 0.717) is 0 Å². The van der Waals surface area contributed by atoms with Crippen LogP contribution in [0.4, 0.5) is 5.82 Å². The molecule has 18 heavy (non-hydrogen) atoms. The van der Waals surface area contributed by atoms with Gasteiger partial charge in [-0.25, -0.2) is 4.98 Å². The Labute approximate surface area is 109 Å². The topological polar surface area (TPSA) is 37.4 Å². The summed E-state index contributed by atoms with van der Waals surface area (Å²) in [7, 11) is 1.76. The van der Waals surface area contributed by atoms with Crippen LogP contribution in [0.3, 0.4) is 0 Å². The lowest BCUT2D eigenvalue weighted by Crippen LogP contribution is -2.29. The van der Waals surface area contributed by atoms with Crippen LogP contribution in [-0.2, 0) is 11.3 Å². The van der Waals surface area contributed by atoms with Crippen molar-refractivity contribution in [2.75, 3.05) is 32.1 Å². The van der Waals surface area contributed by atoms with Gasteiger partial charge in [0.05, 0.1) is 6.61 Å². The molecule has 0 aliphatic heterocycles.